The smallest absolute Gasteiger partial charge is 0.414 e. The molecule has 0 aliphatic rings. The van der Waals surface area contributed by atoms with E-state index in [1.54, 1.807) is 43.5 Å². The molecule has 0 unspecified atom stereocenters. The number of carbonyl (C=O) groups is 3. The van der Waals surface area contributed by atoms with Gasteiger partial charge in [-0.1, -0.05) is 35.9 Å². The summed E-state index contributed by atoms with van der Waals surface area (Å²) in [5, 5.41) is 20.6. The zero-order valence-electron chi connectivity index (χ0n) is 19.7. The van der Waals surface area contributed by atoms with Crippen LogP contribution < -0.4 is 14.9 Å². The average molecular weight is 549 g/mol. The van der Waals surface area contributed by atoms with Gasteiger partial charge in [-0.3, -0.25) is 14.1 Å². The number of benzene rings is 2. The molecule has 0 saturated carbocycles. The van der Waals surface area contributed by atoms with Crippen LogP contribution >= 0.6 is 11.6 Å². The summed E-state index contributed by atoms with van der Waals surface area (Å²) in [6, 6.07) is 18.7. The first kappa shape index (κ1) is 29.2. The third-order valence-corrected chi connectivity index (χ3v) is 7.00. The van der Waals surface area contributed by atoms with Crippen LogP contribution in [0.3, 0.4) is 0 Å². The van der Waals surface area contributed by atoms with Crippen LogP contribution in [0.4, 0.5) is 11.4 Å². The van der Waals surface area contributed by atoms with E-state index in [-0.39, 0.29) is 28.9 Å². The Morgan fingerprint density at radius 3 is 2.19 bits per heavy atom. The molecule has 11 nitrogen and oxygen atoms in total. The van der Waals surface area contributed by atoms with Gasteiger partial charge in [0.05, 0.1) is 22.9 Å². The normalized spacial score (nSPS) is 10.5. The molecule has 0 fully saturated rings. The van der Waals surface area contributed by atoms with Gasteiger partial charge in [0.2, 0.25) is 5.91 Å². The molecule has 1 aromatic heterocycles. The highest BCUT2D eigenvalue weighted by Gasteiger charge is 2.26. The highest BCUT2D eigenvalue weighted by atomic mass is 35.5. The first-order valence-corrected chi connectivity index (χ1v) is 12.6. The number of nitrogens with one attached hydrogen (secondary N) is 2. The number of carboxylic acids is 2. The first-order chi connectivity index (χ1) is 17.6. The summed E-state index contributed by atoms with van der Waals surface area (Å²) in [6.45, 7) is 2.47. The molecular formula is C24H25ClN4O7S. The number of rotatable bonds is 9. The zero-order chi connectivity index (χ0) is 27.4. The third kappa shape index (κ3) is 8.86. The quantitative estimate of drug-likeness (QED) is 0.294. The van der Waals surface area contributed by atoms with E-state index in [1.165, 1.54) is 16.4 Å². The van der Waals surface area contributed by atoms with Crippen LogP contribution in [0.1, 0.15) is 12.6 Å². The first-order valence-electron chi connectivity index (χ1n) is 10.8. The molecule has 1 amide bonds. The molecule has 196 valence electrons. The Labute approximate surface area is 218 Å². The summed E-state index contributed by atoms with van der Waals surface area (Å²) in [4.78, 5) is 34.6. The van der Waals surface area contributed by atoms with Crippen LogP contribution in [0.5, 0.6) is 0 Å². The molecule has 0 aliphatic heterocycles. The van der Waals surface area contributed by atoms with E-state index in [0.717, 1.165) is 5.69 Å². The van der Waals surface area contributed by atoms with Crippen molar-refractivity contribution in [2.75, 3.05) is 22.7 Å². The molecule has 0 bridgehead atoms. The molecule has 3 rings (SSSR count). The lowest BCUT2D eigenvalue weighted by molar-refractivity contribution is -0.159. The van der Waals surface area contributed by atoms with Gasteiger partial charge in [-0.15, -0.1) is 0 Å². The number of anilines is 2. The van der Waals surface area contributed by atoms with E-state index in [0.29, 0.717) is 17.9 Å². The van der Waals surface area contributed by atoms with E-state index in [9.17, 15) is 13.2 Å². The molecule has 0 spiro atoms. The van der Waals surface area contributed by atoms with Crippen molar-refractivity contribution in [1.29, 1.82) is 0 Å². The number of aromatic nitrogens is 1. The number of pyridine rings is 1. The fourth-order valence-corrected chi connectivity index (χ4v) is 4.97. The Hall–Kier alpha value is -4.00. The number of sulfonamides is 1. The molecule has 0 aliphatic carbocycles. The van der Waals surface area contributed by atoms with Crippen molar-refractivity contribution in [3.8, 4) is 0 Å². The predicted molar refractivity (Wildman–Crippen MR) is 138 cm³/mol. The maximum absolute atomic E-state index is 13.3. The Kier molecular flexibility index (Phi) is 11.0. The minimum atomic E-state index is -3.92. The molecule has 0 atom stereocenters. The number of halogens is 1. The number of amides is 1. The molecule has 0 saturated heterocycles. The average Bonchev–Trinajstić information content (AvgIpc) is 2.87. The number of carboxylic acid groups (broad SMARTS) is 2. The van der Waals surface area contributed by atoms with Crippen LogP contribution in [-0.2, 0) is 31.0 Å². The molecule has 4 N–H and O–H groups in total. The predicted octanol–water partition coefficient (Wildman–Crippen LogP) is 2.83. The van der Waals surface area contributed by atoms with Crippen LogP contribution in [0.15, 0.2) is 77.8 Å². The van der Waals surface area contributed by atoms with Gasteiger partial charge in [-0.05, 0) is 49.4 Å². The Morgan fingerprint density at radius 1 is 0.973 bits per heavy atom. The van der Waals surface area contributed by atoms with E-state index >= 15 is 0 Å². The summed E-state index contributed by atoms with van der Waals surface area (Å²) in [6.07, 6.45) is 1.68. The van der Waals surface area contributed by atoms with Crippen molar-refractivity contribution in [2.45, 2.75) is 18.4 Å². The number of hydrogen-bond acceptors (Lipinski definition) is 7. The minimum absolute atomic E-state index is 0.0480. The van der Waals surface area contributed by atoms with Gasteiger partial charge in [0.15, 0.2) is 0 Å². The van der Waals surface area contributed by atoms with Crippen molar-refractivity contribution in [2.24, 2.45) is 0 Å². The fourth-order valence-electron chi connectivity index (χ4n) is 3.00. The molecule has 0 radical (unpaired) electrons. The van der Waals surface area contributed by atoms with Gasteiger partial charge in [0.1, 0.15) is 4.90 Å². The van der Waals surface area contributed by atoms with Crippen molar-refractivity contribution < 1.29 is 33.0 Å². The second-order valence-electron chi connectivity index (χ2n) is 7.23. The second-order valence-corrected chi connectivity index (χ2v) is 9.47. The maximum Gasteiger partial charge on any atom is 0.414 e. The number of hydrogen-bond donors (Lipinski definition) is 4. The molecule has 2 aromatic carbocycles. The minimum Gasteiger partial charge on any atom is -0.473 e. The Morgan fingerprint density at radius 2 is 1.62 bits per heavy atom. The van der Waals surface area contributed by atoms with Gasteiger partial charge < -0.3 is 20.8 Å². The van der Waals surface area contributed by atoms with Crippen molar-refractivity contribution in [3.05, 3.63) is 83.6 Å². The maximum atomic E-state index is 13.3. The largest absolute Gasteiger partial charge is 0.473 e. The summed E-state index contributed by atoms with van der Waals surface area (Å²) < 4.78 is 27.8. The second kappa shape index (κ2) is 13.9. The SMILES string of the molecule is CCN(c1ccccc1)S(=O)(=O)c1cc(NC(=O)CNCc2ccccn2)ccc1Cl.O=C(O)C(=O)O. The topological polar surface area (TPSA) is 166 Å². The summed E-state index contributed by atoms with van der Waals surface area (Å²) in [5.74, 6) is -3.96. The van der Waals surface area contributed by atoms with Gasteiger partial charge in [-0.25, -0.2) is 18.0 Å². The van der Waals surface area contributed by atoms with Crippen molar-refractivity contribution in [1.82, 2.24) is 10.3 Å². The van der Waals surface area contributed by atoms with Crippen LogP contribution in [-0.4, -0.2) is 54.6 Å². The molecular weight excluding hydrogens is 524 g/mol. The lowest BCUT2D eigenvalue weighted by Crippen LogP contribution is -2.31. The molecule has 1 heterocycles. The lowest BCUT2D eigenvalue weighted by Gasteiger charge is -2.23. The van der Waals surface area contributed by atoms with E-state index in [1.807, 2.05) is 24.3 Å². The summed E-state index contributed by atoms with van der Waals surface area (Å²) in [5.41, 5.74) is 1.70. The zero-order valence-corrected chi connectivity index (χ0v) is 21.2. The number of carbonyl (C=O) groups excluding carboxylic acids is 1. The molecule has 13 heteroatoms. The molecule has 37 heavy (non-hydrogen) atoms. The lowest BCUT2D eigenvalue weighted by atomic mass is 10.3. The van der Waals surface area contributed by atoms with Gasteiger partial charge >= 0.3 is 11.9 Å². The van der Waals surface area contributed by atoms with E-state index in [2.05, 4.69) is 15.6 Å². The van der Waals surface area contributed by atoms with Gasteiger partial charge in [0.25, 0.3) is 10.0 Å². The van der Waals surface area contributed by atoms with Crippen molar-refractivity contribution >= 4 is 50.8 Å². The van der Waals surface area contributed by atoms with E-state index in [4.69, 9.17) is 31.4 Å². The monoisotopic (exact) mass is 548 g/mol. The summed E-state index contributed by atoms with van der Waals surface area (Å²) >= 11 is 6.22. The number of para-hydroxylation sites is 1. The van der Waals surface area contributed by atoms with Crippen LogP contribution in [0.2, 0.25) is 5.02 Å². The number of nitrogens with zero attached hydrogens (tertiary/aromatic N) is 2. The van der Waals surface area contributed by atoms with Crippen LogP contribution in [0, 0.1) is 0 Å². The highest BCUT2D eigenvalue weighted by Crippen LogP contribution is 2.30. The van der Waals surface area contributed by atoms with Gasteiger partial charge in [0, 0.05) is 25.0 Å². The Bertz CT molecular complexity index is 1310. The number of aliphatic carboxylic acids is 2. The van der Waals surface area contributed by atoms with Crippen LogP contribution in [0.25, 0.3) is 0 Å². The van der Waals surface area contributed by atoms with Gasteiger partial charge in [-0.2, -0.15) is 0 Å². The van der Waals surface area contributed by atoms with E-state index < -0.39 is 22.0 Å². The fraction of sp³-hybridized carbons (Fsp3) is 0.167. The molecule has 3 aromatic rings. The Balaban J connectivity index is 0.000000717. The highest BCUT2D eigenvalue weighted by molar-refractivity contribution is 7.93. The van der Waals surface area contributed by atoms with Crippen molar-refractivity contribution in [3.63, 3.8) is 0 Å². The summed E-state index contributed by atoms with van der Waals surface area (Å²) in [7, 11) is -3.92. The standard InChI is InChI=1S/C22H23ClN4O3S.C2H2O4/c1-2-27(19-9-4-3-5-10-19)31(29,30)21-14-17(11-12-20(21)23)26-22(28)16-24-15-18-8-6-7-13-25-18;3-1(4)2(5)6/h3-14,24H,2,15-16H2,1H3,(H,26,28);(H,3,4)(H,5,6). The third-order valence-electron chi connectivity index (χ3n) is 4.62.